The van der Waals surface area contributed by atoms with Crippen molar-refractivity contribution >= 4 is 23.2 Å². The van der Waals surface area contributed by atoms with Crippen LogP contribution in [0.4, 0.5) is 0 Å². The molecule has 1 atom stereocenters. The molecule has 0 saturated heterocycles. The molecule has 20 heavy (non-hydrogen) atoms. The quantitative estimate of drug-likeness (QED) is 0.889. The Morgan fingerprint density at radius 1 is 1.35 bits per heavy atom. The zero-order valence-corrected chi connectivity index (χ0v) is 13.1. The molecule has 108 valence electrons. The fraction of sp³-hybridized carbons (Fsp3) is 0.429. The van der Waals surface area contributed by atoms with Gasteiger partial charge >= 0.3 is 0 Å². The Kier molecular flexibility index (Phi) is 5.40. The van der Waals surface area contributed by atoms with Gasteiger partial charge in [-0.05, 0) is 31.0 Å². The molecule has 2 aromatic rings. The van der Waals surface area contributed by atoms with Crippen molar-refractivity contribution in [1.29, 1.82) is 0 Å². The van der Waals surface area contributed by atoms with E-state index in [-0.39, 0.29) is 6.04 Å². The van der Waals surface area contributed by atoms with Crippen molar-refractivity contribution < 1.29 is 0 Å². The molecule has 1 N–H and O–H groups in total. The molecule has 1 unspecified atom stereocenters. The van der Waals surface area contributed by atoms with Crippen LogP contribution in [-0.2, 0) is 13.5 Å². The third-order valence-corrected chi connectivity index (χ3v) is 3.61. The summed E-state index contributed by atoms with van der Waals surface area (Å²) in [6, 6.07) is 1.85. The molecule has 0 fully saturated rings. The summed E-state index contributed by atoms with van der Waals surface area (Å²) < 4.78 is 1.81. The minimum atomic E-state index is 0.116. The molecule has 2 rings (SSSR count). The van der Waals surface area contributed by atoms with E-state index in [0.29, 0.717) is 10.0 Å². The van der Waals surface area contributed by atoms with Crippen molar-refractivity contribution in [2.24, 2.45) is 7.05 Å². The third-order valence-electron chi connectivity index (χ3n) is 3.10. The average Bonchev–Trinajstić information content (AvgIpc) is 2.81. The highest BCUT2D eigenvalue weighted by atomic mass is 35.5. The highest BCUT2D eigenvalue weighted by Crippen LogP contribution is 2.26. The van der Waals surface area contributed by atoms with Crippen LogP contribution in [0.1, 0.15) is 30.6 Å². The second-order valence-corrected chi connectivity index (χ2v) is 5.54. The standard InChI is InChI=1S/C14H18Cl2N4/c1-3-17-13(5-4-10-7-19-20(2)9-10)14-12(16)6-11(15)8-18-14/h6-9,13,17H,3-5H2,1-2H3. The van der Waals surface area contributed by atoms with Gasteiger partial charge in [-0.2, -0.15) is 5.10 Å². The zero-order valence-electron chi connectivity index (χ0n) is 11.6. The molecule has 6 heteroatoms. The molecule has 0 bridgehead atoms. The van der Waals surface area contributed by atoms with Crippen LogP contribution >= 0.6 is 23.2 Å². The minimum absolute atomic E-state index is 0.116. The highest BCUT2D eigenvalue weighted by Gasteiger charge is 2.16. The minimum Gasteiger partial charge on any atom is -0.309 e. The number of halogens is 2. The van der Waals surface area contributed by atoms with Crippen molar-refractivity contribution in [2.75, 3.05) is 6.54 Å². The number of pyridine rings is 1. The molecule has 0 radical (unpaired) electrons. The van der Waals surface area contributed by atoms with Gasteiger partial charge in [-0.1, -0.05) is 30.1 Å². The van der Waals surface area contributed by atoms with Gasteiger partial charge in [0.25, 0.3) is 0 Å². The van der Waals surface area contributed by atoms with Crippen LogP contribution in [0.15, 0.2) is 24.7 Å². The lowest BCUT2D eigenvalue weighted by atomic mass is 10.0. The van der Waals surface area contributed by atoms with Crippen molar-refractivity contribution in [3.8, 4) is 0 Å². The number of hydrogen-bond donors (Lipinski definition) is 1. The van der Waals surface area contributed by atoms with E-state index in [2.05, 4.69) is 22.3 Å². The SMILES string of the molecule is CCNC(CCc1cnn(C)c1)c1ncc(Cl)cc1Cl. The van der Waals surface area contributed by atoms with Crippen LogP contribution in [0.25, 0.3) is 0 Å². The molecule has 4 nitrogen and oxygen atoms in total. The fourth-order valence-corrected chi connectivity index (χ4v) is 2.69. The maximum absolute atomic E-state index is 6.24. The molecule has 0 saturated carbocycles. The maximum atomic E-state index is 6.24. The summed E-state index contributed by atoms with van der Waals surface area (Å²) in [6.45, 7) is 2.93. The molecule has 0 aliphatic carbocycles. The van der Waals surface area contributed by atoms with Gasteiger partial charge < -0.3 is 5.32 Å². The fourth-order valence-electron chi connectivity index (χ4n) is 2.18. The van der Waals surface area contributed by atoms with E-state index in [9.17, 15) is 0 Å². The first kappa shape index (κ1) is 15.3. The first-order valence-corrected chi connectivity index (χ1v) is 7.37. The van der Waals surface area contributed by atoms with Gasteiger partial charge in [0.1, 0.15) is 0 Å². The van der Waals surface area contributed by atoms with Gasteiger partial charge in [0.2, 0.25) is 0 Å². The van der Waals surface area contributed by atoms with Gasteiger partial charge in [0.05, 0.1) is 28.0 Å². The van der Waals surface area contributed by atoms with E-state index in [0.717, 1.165) is 25.1 Å². The van der Waals surface area contributed by atoms with E-state index in [4.69, 9.17) is 23.2 Å². The van der Waals surface area contributed by atoms with Crippen molar-refractivity contribution in [3.05, 3.63) is 46.0 Å². The van der Waals surface area contributed by atoms with Crippen LogP contribution in [0.5, 0.6) is 0 Å². The van der Waals surface area contributed by atoms with Gasteiger partial charge in [0.15, 0.2) is 0 Å². The largest absolute Gasteiger partial charge is 0.309 e. The number of rotatable bonds is 6. The Labute approximate surface area is 129 Å². The number of nitrogens with one attached hydrogen (secondary N) is 1. The molecule has 0 amide bonds. The summed E-state index contributed by atoms with van der Waals surface area (Å²) in [4.78, 5) is 4.37. The Balaban J connectivity index is 2.09. The molecule has 0 aromatic carbocycles. The predicted octanol–water partition coefficient (Wildman–Crippen LogP) is 3.41. The van der Waals surface area contributed by atoms with Gasteiger partial charge in [0, 0.05) is 19.4 Å². The lowest BCUT2D eigenvalue weighted by Gasteiger charge is -2.18. The number of hydrogen-bond acceptors (Lipinski definition) is 3. The summed E-state index contributed by atoms with van der Waals surface area (Å²) in [5, 5.41) is 8.76. The van der Waals surface area contributed by atoms with Crippen LogP contribution in [0, 0.1) is 0 Å². The van der Waals surface area contributed by atoms with E-state index in [1.165, 1.54) is 5.56 Å². The van der Waals surface area contributed by atoms with Crippen molar-refractivity contribution in [2.45, 2.75) is 25.8 Å². The summed E-state index contributed by atoms with van der Waals surface area (Å²) in [5.41, 5.74) is 2.06. The monoisotopic (exact) mass is 312 g/mol. The average molecular weight is 313 g/mol. The predicted molar refractivity (Wildman–Crippen MR) is 82.2 cm³/mol. The van der Waals surface area contributed by atoms with E-state index < -0.39 is 0 Å². The Bertz CT molecular complexity index is 568. The van der Waals surface area contributed by atoms with Crippen LogP contribution < -0.4 is 5.32 Å². The van der Waals surface area contributed by atoms with Crippen LogP contribution in [0.3, 0.4) is 0 Å². The van der Waals surface area contributed by atoms with Crippen LogP contribution in [-0.4, -0.2) is 21.3 Å². The first-order chi connectivity index (χ1) is 9.60. The Morgan fingerprint density at radius 3 is 2.75 bits per heavy atom. The summed E-state index contributed by atoms with van der Waals surface area (Å²) >= 11 is 12.1. The second-order valence-electron chi connectivity index (χ2n) is 4.69. The number of nitrogens with zero attached hydrogens (tertiary/aromatic N) is 3. The second kappa shape index (κ2) is 7.07. The van der Waals surface area contributed by atoms with Crippen molar-refractivity contribution in [1.82, 2.24) is 20.1 Å². The maximum Gasteiger partial charge on any atom is 0.0760 e. The molecular formula is C14H18Cl2N4. The molecule has 0 aliphatic rings. The lowest BCUT2D eigenvalue weighted by molar-refractivity contribution is 0.504. The third kappa shape index (κ3) is 3.95. The van der Waals surface area contributed by atoms with Crippen LogP contribution in [0.2, 0.25) is 10.0 Å². The Hall–Kier alpha value is -1.10. The molecule has 0 spiro atoms. The summed E-state index contributed by atoms with van der Waals surface area (Å²) in [7, 11) is 1.92. The van der Waals surface area contributed by atoms with E-state index >= 15 is 0 Å². The van der Waals surface area contributed by atoms with Gasteiger partial charge in [-0.3, -0.25) is 9.67 Å². The molecule has 0 aliphatic heterocycles. The summed E-state index contributed by atoms with van der Waals surface area (Å²) in [6.07, 6.45) is 7.39. The molecule has 2 heterocycles. The topological polar surface area (TPSA) is 42.7 Å². The summed E-state index contributed by atoms with van der Waals surface area (Å²) in [5.74, 6) is 0. The smallest absolute Gasteiger partial charge is 0.0760 e. The van der Waals surface area contributed by atoms with Crippen molar-refractivity contribution in [3.63, 3.8) is 0 Å². The zero-order chi connectivity index (χ0) is 14.5. The number of aromatic nitrogens is 3. The lowest BCUT2D eigenvalue weighted by Crippen LogP contribution is -2.22. The Morgan fingerprint density at radius 2 is 2.15 bits per heavy atom. The highest BCUT2D eigenvalue weighted by molar-refractivity contribution is 6.34. The van der Waals surface area contributed by atoms with E-state index in [1.54, 1.807) is 12.3 Å². The van der Waals surface area contributed by atoms with Gasteiger partial charge in [-0.25, -0.2) is 0 Å². The normalized spacial score (nSPS) is 12.6. The van der Waals surface area contributed by atoms with Gasteiger partial charge in [-0.15, -0.1) is 0 Å². The number of aryl methyl sites for hydroxylation is 2. The van der Waals surface area contributed by atoms with E-state index in [1.807, 2.05) is 24.1 Å². The molecular weight excluding hydrogens is 295 g/mol. The molecule has 2 aromatic heterocycles. The first-order valence-electron chi connectivity index (χ1n) is 6.62.